The third-order valence-electron chi connectivity index (χ3n) is 9.29. The first-order valence-electron chi connectivity index (χ1n) is 15.3. The van der Waals surface area contributed by atoms with Crippen molar-refractivity contribution in [3.63, 3.8) is 0 Å². The van der Waals surface area contributed by atoms with Gasteiger partial charge in [-0.3, -0.25) is 9.59 Å². The van der Waals surface area contributed by atoms with Gasteiger partial charge in [0.15, 0.2) is 5.82 Å². The van der Waals surface area contributed by atoms with Crippen LogP contribution in [0.15, 0.2) is 31.2 Å². The van der Waals surface area contributed by atoms with E-state index in [1.54, 1.807) is 24.7 Å². The normalized spacial score (nSPS) is 24.0. The van der Waals surface area contributed by atoms with Crippen LogP contribution < -0.4 is 16.0 Å². The lowest BCUT2D eigenvalue weighted by atomic mass is 9.78. The Morgan fingerprint density at radius 2 is 2.05 bits per heavy atom. The predicted molar refractivity (Wildman–Crippen MR) is 158 cm³/mol. The Kier molecular flexibility index (Phi) is 9.24. The summed E-state index contributed by atoms with van der Waals surface area (Å²) in [6.07, 6.45) is 15.3. The Hall–Kier alpha value is -3.04. The monoisotopic (exact) mass is 565 g/mol. The minimum absolute atomic E-state index is 0.00934. The maximum absolute atomic E-state index is 14.0. The number of fused-ring (bicyclic) bond motifs is 1. The van der Waals surface area contributed by atoms with E-state index < -0.39 is 5.60 Å². The molecule has 5 rings (SSSR count). The number of rotatable bonds is 11. The van der Waals surface area contributed by atoms with E-state index in [0.29, 0.717) is 18.8 Å². The van der Waals surface area contributed by atoms with E-state index in [4.69, 9.17) is 0 Å². The zero-order chi connectivity index (χ0) is 29.0. The summed E-state index contributed by atoms with van der Waals surface area (Å²) in [6, 6.07) is 2.85. The van der Waals surface area contributed by atoms with Crippen LogP contribution in [0.1, 0.15) is 93.9 Å². The summed E-state index contributed by atoms with van der Waals surface area (Å²) < 4.78 is 15.9. The van der Waals surface area contributed by atoms with Gasteiger partial charge in [-0.2, -0.15) is 0 Å². The van der Waals surface area contributed by atoms with Crippen molar-refractivity contribution in [1.29, 1.82) is 0 Å². The standard InChI is InChI=1S/C32H44FN5O3/c1-3-8-27(36-24-10-9-22-16-23(33)15-21(4-2)26(22)17-24)31(40)37-29-18-38(20-35-29)28-12-11-25(28)30(39)34-19-32(41)13-6-5-7-14-32/h4,15-16,18,20,24-25,27-28,36,41H,2-3,5-14,17,19H2,1H3,(H,34,39)(H,37,40)/t24-,25?,27-,28?/m0/s1. The fourth-order valence-electron chi connectivity index (χ4n) is 6.76. The van der Waals surface area contributed by atoms with Gasteiger partial charge in [0.1, 0.15) is 5.82 Å². The number of carbonyl (C=O) groups is 2. The third kappa shape index (κ3) is 6.89. The van der Waals surface area contributed by atoms with Crippen molar-refractivity contribution in [2.45, 2.75) is 108 Å². The van der Waals surface area contributed by atoms with Crippen LogP contribution in [0.4, 0.5) is 10.2 Å². The molecule has 2 saturated carbocycles. The van der Waals surface area contributed by atoms with Gasteiger partial charge in [0, 0.05) is 24.8 Å². The maximum Gasteiger partial charge on any atom is 0.242 e. The smallest absolute Gasteiger partial charge is 0.242 e. The van der Waals surface area contributed by atoms with Crippen LogP contribution in [-0.2, 0) is 22.4 Å². The molecule has 4 atom stereocenters. The van der Waals surface area contributed by atoms with E-state index in [0.717, 1.165) is 87.3 Å². The molecular weight excluding hydrogens is 521 g/mol. The quantitative estimate of drug-likeness (QED) is 0.316. The number of anilines is 1. The van der Waals surface area contributed by atoms with Crippen molar-refractivity contribution in [1.82, 2.24) is 20.2 Å². The van der Waals surface area contributed by atoms with Gasteiger partial charge in [-0.15, -0.1) is 0 Å². The lowest BCUT2D eigenvalue weighted by Gasteiger charge is -2.38. The number of imidazole rings is 1. The van der Waals surface area contributed by atoms with E-state index in [-0.39, 0.29) is 41.7 Å². The molecule has 1 aromatic carbocycles. The second kappa shape index (κ2) is 12.9. The average molecular weight is 566 g/mol. The summed E-state index contributed by atoms with van der Waals surface area (Å²) in [5.41, 5.74) is 2.16. The molecule has 9 heteroatoms. The number of hydrogen-bond acceptors (Lipinski definition) is 5. The fourth-order valence-corrected chi connectivity index (χ4v) is 6.76. The van der Waals surface area contributed by atoms with E-state index in [9.17, 15) is 19.1 Å². The van der Waals surface area contributed by atoms with Crippen LogP contribution >= 0.6 is 0 Å². The number of carbonyl (C=O) groups excluding carboxylic acids is 2. The maximum atomic E-state index is 14.0. The summed E-state index contributed by atoms with van der Waals surface area (Å²) >= 11 is 0. The van der Waals surface area contributed by atoms with E-state index in [2.05, 4.69) is 34.4 Å². The molecule has 1 aromatic heterocycles. The minimum Gasteiger partial charge on any atom is -0.388 e. The lowest BCUT2D eigenvalue weighted by molar-refractivity contribution is -0.131. The molecule has 8 nitrogen and oxygen atoms in total. The van der Waals surface area contributed by atoms with Crippen molar-refractivity contribution in [3.8, 4) is 0 Å². The first-order chi connectivity index (χ1) is 19.8. The molecule has 41 heavy (non-hydrogen) atoms. The topological polar surface area (TPSA) is 108 Å². The Morgan fingerprint density at radius 1 is 1.24 bits per heavy atom. The van der Waals surface area contributed by atoms with E-state index in [1.165, 1.54) is 6.07 Å². The number of aromatic nitrogens is 2. The van der Waals surface area contributed by atoms with Gasteiger partial charge in [0.25, 0.3) is 0 Å². The molecule has 2 fully saturated rings. The number of benzene rings is 1. The van der Waals surface area contributed by atoms with Crippen LogP contribution in [0.3, 0.4) is 0 Å². The summed E-state index contributed by atoms with van der Waals surface area (Å²) in [7, 11) is 0. The van der Waals surface area contributed by atoms with Crippen molar-refractivity contribution < 1.29 is 19.1 Å². The molecule has 2 amide bonds. The molecular formula is C32H44FN5O3. The molecule has 0 radical (unpaired) electrons. The molecule has 3 aliphatic carbocycles. The molecule has 2 aromatic rings. The number of nitrogens with one attached hydrogen (secondary N) is 3. The molecule has 0 bridgehead atoms. The first-order valence-corrected chi connectivity index (χ1v) is 15.3. The van der Waals surface area contributed by atoms with Gasteiger partial charge < -0.3 is 25.6 Å². The minimum atomic E-state index is -0.782. The number of amides is 2. The molecule has 3 aliphatic rings. The summed E-state index contributed by atoms with van der Waals surface area (Å²) in [4.78, 5) is 30.6. The zero-order valence-electron chi connectivity index (χ0n) is 24.1. The van der Waals surface area contributed by atoms with Gasteiger partial charge >= 0.3 is 0 Å². The van der Waals surface area contributed by atoms with Gasteiger partial charge in [-0.1, -0.05) is 45.3 Å². The lowest BCUT2D eigenvalue weighted by Crippen LogP contribution is -2.48. The Balaban J connectivity index is 1.16. The van der Waals surface area contributed by atoms with Crippen LogP contribution in [0.25, 0.3) is 6.08 Å². The molecule has 4 N–H and O–H groups in total. The van der Waals surface area contributed by atoms with Crippen LogP contribution in [0.5, 0.6) is 0 Å². The summed E-state index contributed by atoms with van der Waals surface area (Å²) in [5, 5.41) is 20.3. The zero-order valence-corrected chi connectivity index (χ0v) is 24.1. The SMILES string of the molecule is C=Cc1cc(F)cc2c1C[C@@H](N[C@@H](CCC)C(=O)Nc1cn(C3CCC3C(=O)NCC3(O)CCCCC3)cn1)CC2. The van der Waals surface area contributed by atoms with Gasteiger partial charge in [-0.05, 0) is 80.2 Å². The second-order valence-corrected chi connectivity index (χ2v) is 12.2. The molecule has 0 saturated heterocycles. The van der Waals surface area contributed by atoms with E-state index >= 15 is 0 Å². The summed E-state index contributed by atoms with van der Waals surface area (Å²) in [6.45, 7) is 6.21. The van der Waals surface area contributed by atoms with E-state index in [1.807, 2.05) is 4.57 Å². The second-order valence-electron chi connectivity index (χ2n) is 12.2. The predicted octanol–water partition coefficient (Wildman–Crippen LogP) is 4.68. The van der Waals surface area contributed by atoms with Crippen LogP contribution in [0.2, 0.25) is 0 Å². The summed E-state index contributed by atoms with van der Waals surface area (Å²) in [5.74, 6) is -0.0891. The molecule has 0 aliphatic heterocycles. The molecule has 2 unspecified atom stereocenters. The van der Waals surface area contributed by atoms with Gasteiger partial charge in [0.05, 0.1) is 23.9 Å². The number of nitrogens with zero attached hydrogens (tertiary/aromatic N) is 2. The highest BCUT2D eigenvalue weighted by atomic mass is 19.1. The highest BCUT2D eigenvalue weighted by Gasteiger charge is 2.39. The Morgan fingerprint density at radius 3 is 2.76 bits per heavy atom. The van der Waals surface area contributed by atoms with Crippen LogP contribution in [-0.4, -0.2) is 50.7 Å². The Bertz CT molecular complexity index is 1250. The number of aliphatic hydroxyl groups is 1. The first kappa shape index (κ1) is 29.5. The molecule has 222 valence electrons. The van der Waals surface area contributed by atoms with Gasteiger partial charge in [0.2, 0.25) is 11.8 Å². The largest absolute Gasteiger partial charge is 0.388 e. The number of halogens is 1. The molecule has 0 spiro atoms. The molecule has 1 heterocycles. The Labute approximate surface area is 242 Å². The van der Waals surface area contributed by atoms with Gasteiger partial charge in [-0.25, -0.2) is 9.37 Å². The average Bonchev–Trinajstić information content (AvgIpc) is 3.38. The fraction of sp³-hybridized carbons (Fsp3) is 0.594. The third-order valence-corrected chi connectivity index (χ3v) is 9.29. The van der Waals surface area contributed by atoms with Crippen LogP contribution in [0, 0.1) is 11.7 Å². The highest BCUT2D eigenvalue weighted by Crippen LogP contribution is 2.39. The van der Waals surface area contributed by atoms with Crippen molar-refractivity contribution >= 4 is 23.7 Å². The number of aryl methyl sites for hydroxylation is 1. The van der Waals surface area contributed by atoms with Crippen molar-refractivity contribution in [3.05, 3.63) is 53.7 Å². The number of hydrogen-bond donors (Lipinski definition) is 4. The highest BCUT2D eigenvalue weighted by molar-refractivity contribution is 5.94. The van der Waals surface area contributed by atoms with Crippen molar-refractivity contribution in [2.75, 3.05) is 11.9 Å². The van der Waals surface area contributed by atoms with Crippen molar-refractivity contribution in [2.24, 2.45) is 5.92 Å².